The summed E-state index contributed by atoms with van der Waals surface area (Å²) in [7, 11) is 0. The average molecular weight is 554 g/mol. The Morgan fingerprint density at radius 1 is 0.732 bits per heavy atom. The Morgan fingerprint density at radius 3 is 1.76 bits per heavy atom. The smallest absolute Gasteiger partial charge is 0.338 e. The Bertz CT molecular complexity index is 1370. The van der Waals surface area contributed by atoms with Crippen LogP contribution < -0.4 is 0 Å². The van der Waals surface area contributed by atoms with Crippen LogP contribution in [0, 0.1) is 0 Å². The SMILES string of the molecule is CC1(C)CC2(CC(C)(C)N1Cc1ccccc1)C(=O)N(Cc1ccccc1)C(=O)N2CCOC(=O)c1ccccc1. The highest BCUT2D eigenvalue weighted by atomic mass is 16.5. The van der Waals surface area contributed by atoms with Gasteiger partial charge in [-0.3, -0.25) is 14.6 Å². The number of urea groups is 1. The van der Waals surface area contributed by atoms with Crippen molar-refractivity contribution >= 4 is 17.9 Å². The first-order valence-electron chi connectivity index (χ1n) is 14.2. The molecule has 3 amide bonds. The monoisotopic (exact) mass is 553 g/mol. The number of carbonyl (C=O) groups is 3. The van der Waals surface area contributed by atoms with E-state index in [4.69, 9.17) is 4.74 Å². The summed E-state index contributed by atoms with van der Waals surface area (Å²) in [5.41, 5.74) is 0.680. The predicted molar refractivity (Wildman–Crippen MR) is 158 cm³/mol. The maximum Gasteiger partial charge on any atom is 0.338 e. The van der Waals surface area contributed by atoms with Gasteiger partial charge in [0.2, 0.25) is 0 Å². The van der Waals surface area contributed by atoms with Gasteiger partial charge < -0.3 is 9.64 Å². The van der Waals surface area contributed by atoms with E-state index in [0.29, 0.717) is 18.4 Å². The van der Waals surface area contributed by atoms with Crippen molar-refractivity contribution in [3.8, 4) is 0 Å². The number of esters is 1. The van der Waals surface area contributed by atoms with Gasteiger partial charge in [0.25, 0.3) is 5.91 Å². The molecule has 2 heterocycles. The molecule has 0 aromatic heterocycles. The molecule has 3 aromatic rings. The summed E-state index contributed by atoms with van der Waals surface area (Å²) >= 11 is 0. The van der Waals surface area contributed by atoms with Gasteiger partial charge in [-0.2, -0.15) is 0 Å². The lowest BCUT2D eigenvalue weighted by molar-refractivity contribution is -0.148. The molecule has 41 heavy (non-hydrogen) atoms. The fraction of sp³-hybridized carbons (Fsp3) is 0.382. The number of ether oxygens (including phenoxy) is 1. The molecule has 0 bridgehead atoms. The molecule has 214 valence electrons. The van der Waals surface area contributed by atoms with Crippen molar-refractivity contribution in [3.63, 3.8) is 0 Å². The van der Waals surface area contributed by atoms with Crippen molar-refractivity contribution in [2.75, 3.05) is 13.2 Å². The predicted octanol–water partition coefficient (Wildman–Crippen LogP) is 5.90. The normalized spacial score (nSPS) is 19.5. The van der Waals surface area contributed by atoms with Crippen LogP contribution >= 0.6 is 0 Å². The van der Waals surface area contributed by atoms with E-state index in [1.54, 1.807) is 29.2 Å². The van der Waals surface area contributed by atoms with E-state index in [1.807, 2.05) is 54.6 Å². The Labute approximate surface area is 242 Å². The van der Waals surface area contributed by atoms with Crippen molar-refractivity contribution in [2.45, 2.75) is 70.2 Å². The number of carbonyl (C=O) groups excluding carboxylic acids is 3. The van der Waals surface area contributed by atoms with Crippen LogP contribution in [0.1, 0.15) is 62.0 Å². The molecule has 0 atom stereocenters. The summed E-state index contributed by atoms with van der Waals surface area (Å²) < 4.78 is 5.59. The molecular weight excluding hydrogens is 514 g/mol. The summed E-state index contributed by atoms with van der Waals surface area (Å²) in [6, 6.07) is 28.4. The minimum Gasteiger partial charge on any atom is -0.460 e. The molecule has 1 spiro atoms. The topological polar surface area (TPSA) is 70.2 Å². The Hall–Kier alpha value is -3.97. The van der Waals surface area contributed by atoms with E-state index in [1.165, 1.54) is 10.5 Å². The van der Waals surface area contributed by atoms with Gasteiger partial charge in [0.15, 0.2) is 0 Å². The maximum absolute atomic E-state index is 14.4. The molecule has 0 unspecified atom stereocenters. The van der Waals surface area contributed by atoms with Gasteiger partial charge in [-0.25, -0.2) is 9.59 Å². The number of likely N-dealkylation sites (tertiary alicyclic amines) is 1. The van der Waals surface area contributed by atoms with E-state index in [0.717, 1.165) is 12.1 Å². The van der Waals surface area contributed by atoms with Crippen LogP contribution in [-0.4, -0.2) is 62.4 Å². The third kappa shape index (κ3) is 5.64. The van der Waals surface area contributed by atoms with E-state index in [2.05, 4.69) is 44.7 Å². The third-order valence-electron chi connectivity index (χ3n) is 8.46. The quantitative estimate of drug-likeness (QED) is 0.257. The number of hydrogen-bond acceptors (Lipinski definition) is 5. The number of nitrogens with zero attached hydrogens (tertiary/aromatic N) is 3. The zero-order valence-electron chi connectivity index (χ0n) is 24.4. The average Bonchev–Trinajstić information content (AvgIpc) is 3.12. The molecule has 0 aliphatic carbocycles. The molecule has 7 nitrogen and oxygen atoms in total. The zero-order chi connectivity index (χ0) is 29.3. The highest BCUT2D eigenvalue weighted by molar-refractivity contribution is 6.07. The second kappa shape index (κ2) is 11.1. The van der Waals surface area contributed by atoms with E-state index in [9.17, 15) is 14.4 Å². The summed E-state index contributed by atoms with van der Waals surface area (Å²) in [6.45, 7) is 9.71. The second-order valence-corrected chi connectivity index (χ2v) is 12.4. The van der Waals surface area contributed by atoms with Crippen molar-refractivity contribution < 1.29 is 19.1 Å². The molecule has 3 aromatic carbocycles. The van der Waals surface area contributed by atoms with Crippen LogP contribution in [0.4, 0.5) is 4.79 Å². The summed E-state index contributed by atoms with van der Waals surface area (Å²) in [6.07, 6.45) is 0.942. The summed E-state index contributed by atoms with van der Waals surface area (Å²) in [4.78, 5) is 46.6. The number of piperidine rings is 1. The second-order valence-electron chi connectivity index (χ2n) is 12.4. The minimum atomic E-state index is -1.05. The van der Waals surface area contributed by atoms with Gasteiger partial charge in [-0.05, 0) is 63.8 Å². The molecular formula is C34H39N3O4. The van der Waals surface area contributed by atoms with Gasteiger partial charge in [0.1, 0.15) is 12.1 Å². The Morgan fingerprint density at radius 2 is 1.22 bits per heavy atom. The van der Waals surface area contributed by atoms with Gasteiger partial charge >= 0.3 is 12.0 Å². The van der Waals surface area contributed by atoms with E-state index >= 15 is 0 Å². The van der Waals surface area contributed by atoms with Crippen LogP contribution in [0.15, 0.2) is 91.0 Å². The van der Waals surface area contributed by atoms with Crippen LogP contribution in [0.5, 0.6) is 0 Å². The van der Waals surface area contributed by atoms with Gasteiger partial charge in [0.05, 0.1) is 18.7 Å². The lowest BCUT2D eigenvalue weighted by Gasteiger charge is -2.59. The highest BCUT2D eigenvalue weighted by Crippen LogP contribution is 2.50. The van der Waals surface area contributed by atoms with Crippen molar-refractivity contribution in [1.29, 1.82) is 0 Å². The Kier molecular flexibility index (Phi) is 7.75. The molecule has 5 rings (SSSR count). The number of imide groups is 1. The molecule has 2 aliphatic heterocycles. The van der Waals surface area contributed by atoms with Crippen LogP contribution in [-0.2, 0) is 22.6 Å². The van der Waals surface area contributed by atoms with Crippen LogP contribution in [0.25, 0.3) is 0 Å². The number of amides is 3. The first kappa shape index (κ1) is 28.6. The minimum absolute atomic E-state index is 0.00224. The number of benzene rings is 3. The summed E-state index contributed by atoms with van der Waals surface area (Å²) in [5.74, 6) is -0.627. The van der Waals surface area contributed by atoms with Gasteiger partial charge in [0, 0.05) is 17.6 Å². The van der Waals surface area contributed by atoms with Gasteiger partial charge in [-0.1, -0.05) is 78.9 Å². The molecule has 0 saturated carbocycles. The first-order valence-corrected chi connectivity index (χ1v) is 14.2. The lowest BCUT2D eigenvalue weighted by atomic mass is 9.68. The van der Waals surface area contributed by atoms with E-state index < -0.39 is 22.6 Å². The maximum atomic E-state index is 14.4. The van der Waals surface area contributed by atoms with Crippen molar-refractivity contribution in [3.05, 3.63) is 108 Å². The molecule has 7 heteroatoms. The molecule has 0 radical (unpaired) electrons. The van der Waals surface area contributed by atoms with Crippen molar-refractivity contribution in [2.24, 2.45) is 0 Å². The van der Waals surface area contributed by atoms with E-state index in [-0.39, 0.29) is 31.6 Å². The fourth-order valence-corrected chi connectivity index (χ4v) is 6.92. The Balaban J connectivity index is 1.44. The fourth-order valence-electron chi connectivity index (χ4n) is 6.92. The van der Waals surface area contributed by atoms with Crippen LogP contribution in [0.2, 0.25) is 0 Å². The molecule has 2 fully saturated rings. The highest BCUT2D eigenvalue weighted by Gasteiger charge is 2.64. The number of rotatable bonds is 8. The lowest BCUT2D eigenvalue weighted by Crippen LogP contribution is -2.70. The molecule has 0 N–H and O–H groups in total. The summed E-state index contributed by atoms with van der Waals surface area (Å²) in [5, 5.41) is 0. The largest absolute Gasteiger partial charge is 0.460 e. The van der Waals surface area contributed by atoms with Crippen LogP contribution in [0.3, 0.4) is 0 Å². The molecule has 2 saturated heterocycles. The van der Waals surface area contributed by atoms with Crippen molar-refractivity contribution in [1.82, 2.24) is 14.7 Å². The first-order chi connectivity index (χ1) is 19.5. The van der Waals surface area contributed by atoms with Gasteiger partial charge in [-0.15, -0.1) is 0 Å². The third-order valence-corrected chi connectivity index (χ3v) is 8.46. The standard InChI is InChI=1S/C34H39N3O4/c1-32(2)24-34(25-33(3,4)37(32)23-27-16-10-6-11-17-27)30(39)35(22-26-14-8-5-9-15-26)31(40)36(34)20-21-41-29(38)28-18-12-7-13-19-28/h5-19H,20-25H2,1-4H3. The number of hydrogen-bond donors (Lipinski definition) is 0. The zero-order valence-corrected chi connectivity index (χ0v) is 24.4. The molecule has 2 aliphatic rings.